The van der Waals surface area contributed by atoms with E-state index in [1.807, 2.05) is 30.5 Å². The van der Waals surface area contributed by atoms with Gasteiger partial charge < -0.3 is 20.1 Å². The van der Waals surface area contributed by atoms with E-state index in [0.717, 1.165) is 10.6 Å². The number of amides is 2. The summed E-state index contributed by atoms with van der Waals surface area (Å²) in [5, 5.41) is 12.0. The number of ether oxygens (including phenoxy) is 1. The number of carbonyl (C=O) groups is 3. The van der Waals surface area contributed by atoms with Crippen molar-refractivity contribution >= 4 is 35.2 Å². The maximum absolute atomic E-state index is 12.5. The molecule has 0 aliphatic carbocycles. The minimum atomic E-state index is -1.38. The molecule has 2 aliphatic heterocycles. The van der Waals surface area contributed by atoms with Crippen LogP contribution in [-0.4, -0.2) is 54.4 Å². The van der Waals surface area contributed by atoms with Gasteiger partial charge in [-0.25, -0.2) is 4.79 Å². The van der Waals surface area contributed by atoms with Crippen molar-refractivity contribution in [1.29, 1.82) is 0 Å². The summed E-state index contributed by atoms with van der Waals surface area (Å²) < 4.78 is 5.14. The number of nitrogens with one attached hydrogen (secondary N) is 1. The number of carboxylic acid groups (broad SMARTS) is 1. The van der Waals surface area contributed by atoms with E-state index < -0.39 is 23.3 Å². The molecule has 0 bridgehead atoms. The van der Waals surface area contributed by atoms with Crippen molar-refractivity contribution in [2.24, 2.45) is 5.92 Å². The van der Waals surface area contributed by atoms with Gasteiger partial charge in [0.25, 0.3) is 0 Å². The van der Waals surface area contributed by atoms with Gasteiger partial charge in [-0.15, -0.1) is 11.8 Å². The molecule has 0 aromatic heterocycles. The Bertz CT molecular complexity index is 685. The molecule has 25 heavy (non-hydrogen) atoms. The predicted octanol–water partition coefficient (Wildman–Crippen LogP) is 1.12. The highest BCUT2D eigenvalue weighted by atomic mass is 32.2. The molecule has 2 N–H and O–H groups in total. The van der Waals surface area contributed by atoms with Gasteiger partial charge in [0.15, 0.2) is 5.54 Å². The maximum atomic E-state index is 12.5. The molecule has 0 saturated carbocycles. The monoisotopic (exact) mass is 364 g/mol. The SMILES string of the molecule is CSc1ccc(N2CC(C(=O)NC3(C(=O)O)CCOC3)CC2=O)cc1. The number of rotatable bonds is 5. The first kappa shape index (κ1) is 17.8. The van der Waals surface area contributed by atoms with Crippen LogP contribution in [0.5, 0.6) is 0 Å². The molecule has 2 aliphatic rings. The Morgan fingerprint density at radius 1 is 1.36 bits per heavy atom. The summed E-state index contributed by atoms with van der Waals surface area (Å²) in [6.45, 7) is 0.499. The topological polar surface area (TPSA) is 95.9 Å². The van der Waals surface area contributed by atoms with Gasteiger partial charge in [-0.1, -0.05) is 0 Å². The Hall–Kier alpha value is -2.06. The minimum Gasteiger partial charge on any atom is -0.479 e. The van der Waals surface area contributed by atoms with Crippen LogP contribution in [0.3, 0.4) is 0 Å². The highest BCUT2D eigenvalue weighted by Gasteiger charge is 2.46. The third kappa shape index (κ3) is 3.50. The Labute approximate surface area is 149 Å². The van der Waals surface area contributed by atoms with Crippen LogP contribution in [0, 0.1) is 5.92 Å². The Morgan fingerprint density at radius 2 is 2.08 bits per heavy atom. The van der Waals surface area contributed by atoms with E-state index in [1.54, 1.807) is 16.7 Å². The molecule has 2 amide bonds. The van der Waals surface area contributed by atoms with Crippen LogP contribution >= 0.6 is 11.8 Å². The highest BCUT2D eigenvalue weighted by molar-refractivity contribution is 7.98. The molecule has 0 radical (unpaired) electrons. The molecule has 3 rings (SSSR count). The predicted molar refractivity (Wildman–Crippen MR) is 92.6 cm³/mol. The molecule has 2 unspecified atom stereocenters. The zero-order valence-corrected chi connectivity index (χ0v) is 14.7. The summed E-state index contributed by atoms with van der Waals surface area (Å²) in [6.07, 6.45) is 2.28. The van der Waals surface area contributed by atoms with E-state index in [2.05, 4.69) is 5.32 Å². The lowest BCUT2D eigenvalue weighted by atomic mass is 9.97. The second-order valence-electron chi connectivity index (χ2n) is 6.28. The number of nitrogens with zero attached hydrogens (tertiary/aromatic N) is 1. The van der Waals surface area contributed by atoms with Crippen molar-refractivity contribution in [3.05, 3.63) is 24.3 Å². The van der Waals surface area contributed by atoms with Crippen molar-refractivity contribution in [3.8, 4) is 0 Å². The number of benzene rings is 1. The van der Waals surface area contributed by atoms with Crippen molar-refractivity contribution in [2.45, 2.75) is 23.3 Å². The molecule has 2 heterocycles. The van der Waals surface area contributed by atoms with Gasteiger partial charge in [-0.2, -0.15) is 0 Å². The number of thioether (sulfide) groups is 1. The van der Waals surface area contributed by atoms with Crippen molar-refractivity contribution in [1.82, 2.24) is 5.32 Å². The molecule has 2 saturated heterocycles. The van der Waals surface area contributed by atoms with Gasteiger partial charge >= 0.3 is 5.97 Å². The summed E-state index contributed by atoms with van der Waals surface area (Å²) in [7, 11) is 0. The standard InChI is InChI=1S/C17H20N2O5S/c1-25-13-4-2-12(3-5-13)19-9-11(8-14(19)20)15(21)18-17(16(22)23)6-7-24-10-17/h2-5,11H,6-10H2,1H3,(H,18,21)(H,22,23). The van der Waals surface area contributed by atoms with Crippen LogP contribution in [0.15, 0.2) is 29.2 Å². The van der Waals surface area contributed by atoms with Gasteiger partial charge in [-0.3, -0.25) is 9.59 Å². The average Bonchev–Trinajstić information content (AvgIpc) is 3.22. The van der Waals surface area contributed by atoms with Gasteiger partial charge in [0.1, 0.15) is 0 Å². The molecule has 0 spiro atoms. The smallest absolute Gasteiger partial charge is 0.331 e. The van der Waals surface area contributed by atoms with E-state index in [-0.39, 0.29) is 31.9 Å². The van der Waals surface area contributed by atoms with E-state index >= 15 is 0 Å². The zero-order chi connectivity index (χ0) is 18.0. The fourth-order valence-corrected chi connectivity index (χ4v) is 3.53. The molecular formula is C17H20N2O5S. The highest BCUT2D eigenvalue weighted by Crippen LogP contribution is 2.28. The number of hydrogen-bond acceptors (Lipinski definition) is 5. The molecular weight excluding hydrogens is 344 g/mol. The molecule has 8 heteroatoms. The third-order valence-corrected chi connectivity index (χ3v) is 5.42. The summed E-state index contributed by atoms with van der Waals surface area (Å²) in [6, 6.07) is 7.56. The van der Waals surface area contributed by atoms with Crippen LogP contribution in [0.1, 0.15) is 12.8 Å². The molecule has 2 fully saturated rings. The number of aliphatic carboxylic acids is 1. The lowest BCUT2D eigenvalue weighted by Gasteiger charge is -2.25. The summed E-state index contributed by atoms with van der Waals surface area (Å²) in [5.41, 5.74) is -0.636. The van der Waals surface area contributed by atoms with Crippen LogP contribution in [0.25, 0.3) is 0 Å². The molecule has 7 nitrogen and oxygen atoms in total. The minimum absolute atomic E-state index is 0.0470. The number of hydrogen-bond donors (Lipinski definition) is 2. The van der Waals surface area contributed by atoms with Crippen molar-refractivity contribution < 1.29 is 24.2 Å². The second kappa shape index (κ2) is 7.05. The van der Waals surface area contributed by atoms with E-state index in [1.165, 1.54) is 0 Å². The summed E-state index contributed by atoms with van der Waals surface area (Å²) >= 11 is 1.61. The lowest BCUT2D eigenvalue weighted by molar-refractivity contribution is -0.148. The van der Waals surface area contributed by atoms with Crippen molar-refractivity contribution in [2.75, 3.05) is 30.9 Å². The van der Waals surface area contributed by atoms with Gasteiger partial charge in [-0.05, 0) is 30.5 Å². The lowest BCUT2D eigenvalue weighted by Crippen LogP contribution is -2.56. The third-order valence-electron chi connectivity index (χ3n) is 4.67. The van der Waals surface area contributed by atoms with Crippen LogP contribution in [-0.2, 0) is 19.1 Å². The van der Waals surface area contributed by atoms with Crippen molar-refractivity contribution in [3.63, 3.8) is 0 Å². The first-order valence-corrected chi connectivity index (χ1v) is 9.25. The summed E-state index contributed by atoms with van der Waals surface area (Å²) in [5.74, 6) is -2.22. The van der Waals surface area contributed by atoms with E-state index in [0.29, 0.717) is 6.61 Å². The largest absolute Gasteiger partial charge is 0.479 e. The molecule has 2 atom stereocenters. The van der Waals surface area contributed by atoms with Gasteiger partial charge in [0, 0.05) is 36.6 Å². The fraction of sp³-hybridized carbons (Fsp3) is 0.471. The Morgan fingerprint density at radius 3 is 2.64 bits per heavy atom. The molecule has 134 valence electrons. The quantitative estimate of drug-likeness (QED) is 0.760. The molecule has 1 aromatic carbocycles. The number of carbonyl (C=O) groups excluding carboxylic acids is 2. The normalized spacial score (nSPS) is 26.0. The van der Waals surface area contributed by atoms with Gasteiger partial charge in [0.2, 0.25) is 11.8 Å². The first-order chi connectivity index (χ1) is 11.9. The maximum Gasteiger partial charge on any atom is 0.331 e. The number of anilines is 1. The van der Waals surface area contributed by atoms with Crippen LogP contribution < -0.4 is 10.2 Å². The summed E-state index contributed by atoms with van der Waals surface area (Å²) in [4.78, 5) is 39.0. The number of carboxylic acids is 1. The van der Waals surface area contributed by atoms with Crippen LogP contribution in [0.4, 0.5) is 5.69 Å². The van der Waals surface area contributed by atoms with E-state index in [4.69, 9.17) is 4.74 Å². The average molecular weight is 364 g/mol. The van der Waals surface area contributed by atoms with Crippen LogP contribution in [0.2, 0.25) is 0 Å². The first-order valence-electron chi connectivity index (χ1n) is 8.03. The fourth-order valence-electron chi connectivity index (χ4n) is 3.12. The second-order valence-corrected chi connectivity index (χ2v) is 7.16. The molecule has 1 aromatic rings. The zero-order valence-electron chi connectivity index (χ0n) is 13.9. The van der Waals surface area contributed by atoms with Gasteiger partial charge in [0.05, 0.1) is 12.5 Å². The Kier molecular flexibility index (Phi) is 5.01. The van der Waals surface area contributed by atoms with E-state index in [9.17, 15) is 19.5 Å². The Balaban J connectivity index is 1.69.